The number of hydrogen-bond acceptors (Lipinski definition) is 4. The fraction of sp³-hybridized carbons (Fsp3) is 0.615. The summed E-state index contributed by atoms with van der Waals surface area (Å²) in [6, 6.07) is 3.87. The first-order valence-electron chi connectivity index (χ1n) is 5.98. The van der Waals surface area contributed by atoms with Crippen LogP contribution in [-0.4, -0.2) is 17.7 Å². The zero-order valence-corrected chi connectivity index (χ0v) is 11.1. The van der Waals surface area contributed by atoms with Crippen molar-refractivity contribution in [3.05, 3.63) is 30.1 Å². The first-order valence-corrected chi connectivity index (χ1v) is 5.98. The lowest BCUT2D eigenvalue weighted by atomic mass is 9.82. The predicted octanol–water partition coefficient (Wildman–Crippen LogP) is 2.04. The van der Waals surface area contributed by atoms with E-state index in [1.54, 1.807) is 6.20 Å². The van der Waals surface area contributed by atoms with Crippen LogP contribution in [0.3, 0.4) is 0 Å². The summed E-state index contributed by atoms with van der Waals surface area (Å²) >= 11 is 0. The number of nitrogens with two attached hydrogens (primary N) is 1. The molecule has 0 fully saturated rings. The Balaban J connectivity index is 2.98. The van der Waals surface area contributed by atoms with Crippen molar-refractivity contribution in [1.82, 2.24) is 10.4 Å². The van der Waals surface area contributed by atoms with Gasteiger partial charge in [0, 0.05) is 19.0 Å². The largest absolute Gasteiger partial charge is 0.376 e. The van der Waals surface area contributed by atoms with Crippen LogP contribution in [0.1, 0.15) is 39.3 Å². The van der Waals surface area contributed by atoms with E-state index >= 15 is 0 Å². The van der Waals surface area contributed by atoms with Crippen LogP contribution in [0.4, 0.5) is 0 Å². The zero-order valence-electron chi connectivity index (χ0n) is 11.1. The highest BCUT2D eigenvalue weighted by molar-refractivity contribution is 5.16. The molecule has 4 heteroatoms. The summed E-state index contributed by atoms with van der Waals surface area (Å²) in [7, 11) is 0. The minimum atomic E-state index is -0.0522. The Morgan fingerprint density at radius 2 is 2.18 bits per heavy atom. The van der Waals surface area contributed by atoms with Gasteiger partial charge >= 0.3 is 0 Å². The summed E-state index contributed by atoms with van der Waals surface area (Å²) in [5.74, 6) is 5.67. The maximum atomic E-state index is 5.84. The Bertz CT molecular complexity index is 321. The van der Waals surface area contributed by atoms with E-state index in [9.17, 15) is 0 Å². The van der Waals surface area contributed by atoms with Crippen LogP contribution in [0.5, 0.6) is 0 Å². The fourth-order valence-corrected chi connectivity index (χ4v) is 1.94. The molecule has 2 atom stereocenters. The van der Waals surface area contributed by atoms with Crippen molar-refractivity contribution in [3.8, 4) is 0 Å². The van der Waals surface area contributed by atoms with E-state index in [1.807, 2.05) is 25.3 Å². The van der Waals surface area contributed by atoms with E-state index in [0.717, 1.165) is 5.56 Å². The molecule has 1 rings (SSSR count). The highest BCUT2D eigenvalue weighted by atomic mass is 16.5. The molecule has 0 spiro atoms. The average molecular weight is 237 g/mol. The molecular formula is C13H23N3O. The van der Waals surface area contributed by atoms with Crippen molar-refractivity contribution in [2.24, 2.45) is 11.3 Å². The van der Waals surface area contributed by atoms with Gasteiger partial charge in [0.25, 0.3) is 0 Å². The molecule has 96 valence electrons. The first-order chi connectivity index (χ1) is 8.00. The lowest BCUT2D eigenvalue weighted by Gasteiger charge is -2.36. The van der Waals surface area contributed by atoms with Crippen LogP contribution >= 0.6 is 0 Å². The van der Waals surface area contributed by atoms with Crippen LogP contribution in [0.2, 0.25) is 0 Å². The minimum absolute atomic E-state index is 0.00157. The van der Waals surface area contributed by atoms with Gasteiger partial charge in [-0.3, -0.25) is 16.3 Å². The van der Waals surface area contributed by atoms with Crippen LogP contribution < -0.4 is 11.3 Å². The van der Waals surface area contributed by atoms with E-state index in [0.29, 0.717) is 6.61 Å². The molecule has 0 radical (unpaired) electrons. The summed E-state index contributed by atoms with van der Waals surface area (Å²) in [6.45, 7) is 9.10. The Hall–Kier alpha value is -0.970. The van der Waals surface area contributed by atoms with Crippen molar-refractivity contribution in [1.29, 1.82) is 0 Å². The average Bonchev–Trinajstić information content (AvgIpc) is 2.29. The highest BCUT2D eigenvalue weighted by Gasteiger charge is 2.33. The van der Waals surface area contributed by atoms with Gasteiger partial charge in [-0.15, -0.1) is 0 Å². The summed E-state index contributed by atoms with van der Waals surface area (Å²) < 4.78 is 5.84. The van der Waals surface area contributed by atoms with Gasteiger partial charge in [0.05, 0.1) is 12.1 Å². The van der Waals surface area contributed by atoms with Crippen LogP contribution in [0, 0.1) is 5.41 Å². The number of ether oxygens (including phenoxy) is 1. The molecule has 0 saturated carbocycles. The first kappa shape index (κ1) is 14.1. The summed E-state index contributed by atoms with van der Waals surface area (Å²) in [5.41, 5.74) is 3.89. The topological polar surface area (TPSA) is 60.2 Å². The minimum Gasteiger partial charge on any atom is -0.376 e. The van der Waals surface area contributed by atoms with Gasteiger partial charge < -0.3 is 4.74 Å². The number of nitrogens with zero attached hydrogens (tertiary/aromatic N) is 1. The highest BCUT2D eigenvalue weighted by Crippen LogP contribution is 2.32. The molecule has 3 N–H and O–H groups in total. The zero-order chi connectivity index (χ0) is 12.9. The van der Waals surface area contributed by atoms with Gasteiger partial charge in [-0.1, -0.05) is 26.8 Å². The normalized spacial score (nSPS) is 15.6. The number of aromatic nitrogens is 1. The molecule has 1 aromatic rings. The third kappa shape index (κ3) is 3.77. The van der Waals surface area contributed by atoms with Crippen molar-refractivity contribution in [2.75, 3.05) is 6.61 Å². The van der Waals surface area contributed by atoms with Crippen molar-refractivity contribution < 1.29 is 4.74 Å². The van der Waals surface area contributed by atoms with E-state index < -0.39 is 0 Å². The second kappa shape index (κ2) is 6.10. The fourth-order valence-electron chi connectivity index (χ4n) is 1.94. The van der Waals surface area contributed by atoms with Crippen molar-refractivity contribution >= 4 is 0 Å². The van der Waals surface area contributed by atoms with Gasteiger partial charge in [0.2, 0.25) is 0 Å². The maximum Gasteiger partial charge on any atom is 0.0831 e. The Morgan fingerprint density at radius 3 is 2.59 bits per heavy atom. The van der Waals surface area contributed by atoms with Gasteiger partial charge in [0.15, 0.2) is 0 Å². The predicted molar refractivity (Wildman–Crippen MR) is 69.2 cm³/mol. The maximum absolute atomic E-state index is 5.84. The monoisotopic (exact) mass is 237 g/mol. The third-order valence-corrected chi connectivity index (χ3v) is 2.73. The molecule has 1 heterocycles. The van der Waals surface area contributed by atoms with Gasteiger partial charge in [-0.05, 0) is 24.0 Å². The third-order valence-electron chi connectivity index (χ3n) is 2.73. The molecule has 0 aliphatic carbocycles. The van der Waals surface area contributed by atoms with Crippen LogP contribution in [-0.2, 0) is 4.74 Å². The van der Waals surface area contributed by atoms with E-state index in [2.05, 4.69) is 31.2 Å². The molecule has 4 nitrogen and oxygen atoms in total. The van der Waals surface area contributed by atoms with E-state index in [-0.39, 0.29) is 17.6 Å². The second-order valence-electron chi connectivity index (χ2n) is 5.17. The second-order valence-corrected chi connectivity index (χ2v) is 5.17. The smallest absolute Gasteiger partial charge is 0.0831 e. The van der Waals surface area contributed by atoms with Gasteiger partial charge in [-0.25, -0.2) is 0 Å². The number of pyridine rings is 1. The molecule has 0 saturated heterocycles. The number of rotatable bonds is 5. The van der Waals surface area contributed by atoms with Gasteiger partial charge in [-0.2, -0.15) is 0 Å². The summed E-state index contributed by atoms with van der Waals surface area (Å²) in [4.78, 5) is 4.13. The standard InChI is InChI=1S/C13H23N3O/c1-5-17-12(13(2,3)4)11(16-14)10-7-6-8-15-9-10/h6-9,11-12,16H,5,14H2,1-4H3. The quantitative estimate of drug-likeness (QED) is 0.607. The molecule has 2 unspecified atom stereocenters. The molecule has 0 aliphatic heterocycles. The molecule has 17 heavy (non-hydrogen) atoms. The molecule has 1 aromatic heterocycles. The van der Waals surface area contributed by atoms with Crippen molar-refractivity contribution in [2.45, 2.75) is 39.8 Å². The molecular weight excluding hydrogens is 214 g/mol. The molecule has 0 amide bonds. The molecule has 0 aliphatic rings. The number of hydrogen-bond donors (Lipinski definition) is 2. The Labute approximate surface area is 104 Å². The lowest BCUT2D eigenvalue weighted by molar-refractivity contribution is -0.0367. The molecule has 0 aromatic carbocycles. The van der Waals surface area contributed by atoms with Crippen molar-refractivity contribution in [3.63, 3.8) is 0 Å². The number of hydrazine groups is 1. The number of nitrogens with one attached hydrogen (secondary N) is 1. The summed E-state index contributed by atoms with van der Waals surface area (Å²) in [6.07, 6.45) is 3.58. The van der Waals surface area contributed by atoms with Crippen LogP contribution in [0.15, 0.2) is 24.5 Å². The Kier molecular flexibility index (Phi) is 5.05. The Morgan fingerprint density at radius 1 is 1.47 bits per heavy atom. The van der Waals surface area contributed by atoms with Gasteiger partial charge in [0.1, 0.15) is 0 Å². The van der Waals surface area contributed by atoms with E-state index in [1.165, 1.54) is 0 Å². The summed E-state index contributed by atoms with van der Waals surface area (Å²) in [5, 5.41) is 0. The SMILES string of the molecule is CCOC(C(NN)c1cccnc1)C(C)(C)C. The van der Waals surface area contributed by atoms with E-state index in [4.69, 9.17) is 10.6 Å². The molecule has 0 bridgehead atoms. The van der Waals surface area contributed by atoms with Crippen LogP contribution in [0.25, 0.3) is 0 Å². The lowest BCUT2D eigenvalue weighted by Crippen LogP contribution is -2.44.